The minimum atomic E-state index is -1.42. The Kier molecular flexibility index (Phi) is 13.5. The zero-order valence-corrected chi connectivity index (χ0v) is 20.9. The number of amides is 4. The Hall–Kier alpha value is -3.86. The zero-order chi connectivity index (χ0) is 28.0. The van der Waals surface area contributed by atoms with Gasteiger partial charge in [-0.2, -0.15) is 12.6 Å². The van der Waals surface area contributed by atoms with Gasteiger partial charge in [0, 0.05) is 37.0 Å². The van der Waals surface area contributed by atoms with Crippen LogP contribution in [0.3, 0.4) is 0 Å². The van der Waals surface area contributed by atoms with Gasteiger partial charge in [-0.1, -0.05) is 0 Å². The smallest absolute Gasteiger partial charge is 0.326 e. The summed E-state index contributed by atoms with van der Waals surface area (Å²) in [6, 6.07) is -4.77. The Balaban J connectivity index is 2.89. The van der Waals surface area contributed by atoms with E-state index in [-0.39, 0.29) is 50.4 Å². The van der Waals surface area contributed by atoms with Gasteiger partial charge in [0.15, 0.2) is 5.96 Å². The first-order chi connectivity index (χ1) is 17.4. The number of thiol groups is 1. The molecule has 4 unspecified atom stereocenters. The summed E-state index contributed by atoms with van der Waals surface area (Å²) in [5, 5.41) is 16.6. The molecule has 4 atom stereocenters. The molecule has 0 fully saturated rings. The van der Waals surface area contributed by atoms with E-state index >= 15 is 0 Å². The fourth-order valence-electron chi connectivity index (χ4n) is 3.06. The lowest BCUT2D eigenvalue weighted by Crippen LogP contribution is -2.57. The zero-order valence-electron chi connectivity index (χ0n) is 20.1. The number of aromatic nitrogens is 2. The van der Waals surface area contributed by atoms with Gasteiger partial charge in [0.1, 0.15) is 18.1 Å². The number of carbonyl (C=O) groups excluding carboxylic acids is 4. The number of nitrogens with zero attached hydrogens (tertiary/aromatic N) is 2. The Morgan fingerprint density at radius 3 is 2.16 bits per heavy atom. The Morgan fingerprint density at radius 2 is 1.62 bits per heavy atom. The molecule has 0 spiro atoms. The first-order valence-electron chi connectivity index (χ1n) is 11.3. The molecule has 1 aromatic rings. The number of aromatic amines is 1. The highest BCUT2D eigenvalue weighted by atomic mass is 32.1. The number of nitrogens with two attached hydrogens (primary N) is 4. The summed E-state index contributed by atoms with van der Waals surface area (Å²) >= 11 is 4.10. The van der Waals surface area contributed by atoms with Gasteiger partial charge in [-0.15, -0.1) is 0 Å². The monoisotopic (exact) mass is 542 g/mol. The second-order valence-corrected chi connectivity index (χ2v) is 8.41. The van der Waals surface area contributed by atoms with E-state index in [4.69, 9.17) is 22.9 Å². The van der Waals surface area contributed by atoms with Crippen LogP contribution in [0.4, 0.5) is 0 Å². The number of H-pyrrole nitrogens is 1. The fraction of sp³-hybridized carbons (Fsp3) is 0.550. The minimum absolute atomic E-state index is 0.0308. The number of aliphatic imine (C=N–C) groups is 1. The third-order valence-electron chi connectivity index (χ3n) is 5.02. The molecule has 1 aromatic heterocycles. The molecular formula is C20H34N10O6S. The fourth-order valence-corrected chi connectivity index (χ4v) is 3.32. The predicted octanol–water partition coefficient (Wildman–Crippen LogP) is -3.93. The molecule has 0 saturated heterocycles. The number of primary amides is 1. The summed E-state index contributed by atoms with van der Waals surface area (Å²) in [5.74, 6) is -4.60. The van der Waals surface area contributed by atoms with Crippen molar-refractivity contribution in [2.24, 2.45) is 27.9 Å². The summed E-state index contributed by atoms with van der Waals surface area (Å²) in [4.78, 5) is 71.2. The minimum Gasteiger partial charge on any atom is -0.480 e. The van der Waals surface area contributed by atoms with Gasteiger partial charge in [-0.05, 0) is 19.3 Å². The average Bonchev–Trinajstić information content (AvgIpc) is 3.33. The van der Waals surface area contributed by atoms with Gasteiger partial charge in [0.05, 0.1) is 12.4 Å². The number of carboxylic acids is 1. The lowest BCUT2D eigenvalue weighted by atomic mass is 10.1. The van der Waals surface area contributed by atoms with Gasteiger partial charge in [-0.25, -0.2) is 9.78 Å². The van der Waals surface area contributed by atoms with Crippen molar-refractivity contribution in [1.82, 2.24) is 25.9 Å². The lowest BCUT2D eigenvalue weighted by molar-refractivity contribution is -0.142. The number of hydrogen-bond acceptors (Lipinski definition) is 9. The van der Waals surface area contributed by atoms with E-state index in [1.165, 1.54) is 12.5 Å². The van der Waals surface area contributed by atoms with E-state index in [2.05, 4.69) is 43.5 Å². The molecule has 16 nitrogen and oxygen atoms in total. The maximum Gasteiger partial charge on any atom is 0.326 e. The van der Waals surface area contributed by atoms with Crippen LogP contribution in [0.25, 0.3) is 0 Å². The molecule has 0 radical (unpaired) electrons. The van der Waals surface area contributed by atoms with Crippen LogP contribution < -0.4 is 38.9 Å². The second kappa shape index (κ2) is 16.0. The summed E-state index contributed by atoms with van der Waals surface area (Å²) in [7, 11) is 0. The van der Waals surface area contributed by atoms with Crippen molar-refractivity contribution in [1.29, 1.82) is 0 Å². The van der Waals surface area contributed by atoms with Crippen molar-refractivity contribution in [2.45, 2.75) is 56.3 Å². The van der Waals surface area contributed by atoms with Crippen molar-refractivity contribution < 1.29 is 29.1 Å². The van der Waals surface area contributed by atoms with Gasteiger partial charge >= 0.3 is 5.97 Å². The maximum absolute atomic E-state index is 12.9. The van der Waals surface area contributed by atoms with Crippen molar-refractivity contribution >= 4 is 48.2 Å². The van der Waals surface area contributed by atoms with E-state index in [1.54, 1.807) is 0 Å². The summed E-state index contributed by atoms with van der Waals surface area (Å²) in [6.45, 7) is 0.140. The van der Waals surface area contributed by atoms with Crippen molar-refractivity contribution in [3.63, 3.8) is 0 Å². The number of aliphatic carboxylic acids is 1. The summed E-state index contributed by atoms with van der Waals surface area (Å²) < 4.78 is 0. The van der Waals surface area contributed by atoms with Crippen molar-refractivity contribution in [3.05, 3.63) is 18.2 Å². The molecular weight excluding hydrogens is 508 g/mol. The highest BCUT2D eigenvalue weighted by molar-refractivity contribution is 7.80. The van der Waals surface area contributed by atoms with Gasteiger partial charge < -0.3 is 49.0 Å². The normalized spacial score (nSPS) is 13.9. The first kappa shape index (κ1) is 31.2. The number of hydrogen-bond donors (Lipinski definition) is 10. The van der Waals surface area contributed by atoms with Crippen LogP contribution in [0.2, 0.25) is 0 Å². The standard InChI is InChI=1S/C20H34N10O6S/c21-11(6-10-7-25-9-27-10)16(32)30-14(8-37)18(34)28-12(2-1-5-26-20(23)24)17(33)29-13(19(35)36)3-4-15(22)31/h7,9,11-14,37H,1-6,8,21H2,(H2,22,31)(H,25,27)(H,28,34)(H,29,33)(H,30,32)(H,35,36)(H4,23,24,26). The van der Waals surface area contributed by atoms with E-state index in [1.807, 2.05) is 0 Å². The lowest BCUT2D eigenvalue weighted by Gasteiger charge is -2.24. The molecule has 0 aromatic carbocycles. The van der Waals surface area contributed by atoms with Gasteiger partial charge in [0.25, 0.3) is 0 Å². The molecule has 1 heterocycles. The third-order valence-corrected chi connectivity index (χ3v) is 5.38. The highest BCUT2D eigenvalue weighted by Crippen LogP contribution is 2.05. The molecule has 0 bridgehead atoms. The molecule has 0 aliphatic heterocycles. The van der Waals surface area contributed by atoms with Crippen LogP contribution in [-0.2, 0) is 30.4 Å². The number of guanidine groups is 1. The van der Waals surface area contributed by atoms with E-state index in [0.717, 1.165) is 0 Å². The predicted molar refractivity (Wildman–Crippen MR) is 136 cm³/mol. The van der Waals surface area contributed by atoms with Crippen LogP contribution in [0.1, 0.15) is 31.4 Å². The van der Waals surface area contributed by atoms with E-state index in [9.17, 15) is 29.1 Å². The summed E-state index contributed by atoms with van der Waals surface area (Å²) in [6.07, 6.45) is 2.86. The number of nitrogens with one attached hydrogen (secondary N) is 4. The Labute approximate surface area is 218 Å². The first-order valence-corrected chi connectivity index (χ1v) is 11.9. The van der Waals surface area contributed by atoms with Crippen LogP contribution >= 0.6 is 12.6 Å². The molecule has 0 aliphatic rings. The molecule has 37 heavy (non-hydrogen) atoms. The number of carboxylic acid groups (broad SMARTS) is 1. The van der Waals surface area contributed by atoms with E-state index in [0.29, 0.717) is 5.69 Å². The molecule has 17 heteroatoms. The molecule has 206 valence electrons. The largest absolute Gasteiger partial charge is 0.480 e. The second-order valence-electron chi connectivity index (χ2n) is 8.05. The Morgan fingerprint density at radius 1 is 1.00 bits per heavy atom. The third kappa shape index (κ3) is 12.1. The molecule has 4 amide bonds. The molecule has 1 rings (SSSR count). The SMILES string of the molecule is NC(=O)CCC(NC(=O)C(CCCN=C(N)N)NC(=O)C(CS)NC(=O)C(N)Cc1cnc[nH]1)C(=O)O. The van der Waals surface area contributed by atoms with Crippen LogP contribution in [0.5, 0.6) is 0 Å². The average molecular weight is 543 g/mol. The quantitative estimate of drug-likeness (QED) is 0.0394. The van der Waals surface area contributed by atoms with Gasteiger partial charge in [0.2, 0.25) is 23.6 Å². The molecule has 0 aliphatic carbocycles. The van der Waals surface area contributed by atoms with Crippen molar-refractivity contribution in [3.8, 4) is 0 Å². The van der Waals surface area contributed by atoms with E-state index < -0.39 is 53.8 Å². The Bertz CT molecular complexity index is 953. The summed E-state index contributed by atoms with van der Waals surface area (Å²) in [5.41, 5.74) is 22.2. The van der Waals surface area contributed by atoms with Crippen molar-refractivity contribution in [2.75, 3.05) is 12.3 Å². The van der Waals surface area contributed by atoms with Crippen LogP contribution in [-0.4, -0.2) is 87.1 Å². The maximum atomic E-state index is 12.9. The number of imidazole rings is 1. The van der Waals surface area contributed by atoms with Gasteiger partial charge in [-0.3, -0.25) is 24.2 Å². The number of carbonyl (C=O) groups is 5. The topological polar surface area (TPSA) is 287 Å². The molecule has 13 N–H and O–H groups in total. The van der Waals surface area contributed by atoms with Crippen LogP contribution in [0, 0.1) is 0 Å². The number of rotatable bonds is 17. The molecule has 0 saturated carbocycles. The highest BCUT2D eigenvalue weighted by Gasteiger charge is 2.30. The van der Waals surface area contributed by atoms with Crippen LogP contribution in [0.15, 0.2) is 17.5 Å².